The van der Waals surface area contributed by atoms with E-state index in [1.165, 1.54) is 17.0 Å². The average Bonchev–Trinajstić information content (AvgIpc) is 3.22. The van der Waals surface area contributed by atoms with E-state index in [9.17, 15) is 9.59 Å². The molecule has 0 unspecified atom stereocenters. The summed E-state index contributed by atoms with van der Waals surface area (Å²) in [5, 5.41) is 7.18. The van der Waals surface area contributed by atoms with E-state index in [0.29, 0.717) is 31.0 Å². The van der Waals surface area contributed by atoms with Crippen LogP contribution in [0.25, 0.3) is 16.9 Å². The fraction of sp³-hybridized carbons (Fsp3) is 0.200. The number of hydrogen-bond acceptors (Lipinski definition) is 5. The average molecular weight is 444 g/mol. The topological polar surface area (TPSA) is 91.0 Å². The molecule has 1 amide bonds. The Morgan fingerprint density at radius 2 is 1.85 bits per heavy atom. The van der Waals surface area contributed by atoms with Crippen LogP contribution in [0, 0.1) is 6.92 Å². The van der Waals surface area contributed by atoms with Crippen molar-refractivity contribution < 1.29 is 9.53 Å². The second kappa shape index (κ2) is 9.95. The number of rotatable bonds is 8. The molecular weight excluding hydrogens is 418 g/mol. The fourth-order valence-corrected chi connectivity index (χ4v) is 3.49. The number of carbonyl (C=O) groups excluding carboxylic acids is 1. The zero-order valence-electron chi connectivity index (χ0n) is 18.6. The van der Waals surface area contributed by atoms with Gasteiger partial charge in [-0.3, -0.25) is 14.2 Å². The van der Waals surface area contributed by atoms with Crippen LogP contribution >= 0.6 is 0 Å². The van der Waals surface area contributed by atoms with Crippen molar-refractivity contribution in [3.8, 4) is 22.7 Å². The molecule has 0 saturated heterocycles. The van der Waals surface area contributed by atoms with E-state index in [0.717, 1.165) is 22.7 Å². The minimum atomic E-state index is -0.235. The normalized spacial score (nSPS) is 10.7. The lowest BCUT2D eigenvalue weighted by Crippen LogP contribution is -2.31. The third-order valence-electron chi connectivity index (χ3n) is 5.23. The van der Waals surface area contributed by atoms with Crippen LogP contribution in [-0.2, 0) is 6.54 Å². The van der Waals surface area contributed by atoms with Crippen LogP contribution in [0.1, 0.15) is 23.0 Å². The van der Waals surface area contributed by atoms with E-state index < -0.39 is 0 Å². The molecule has 0 spiro atoms. The summed E-state index contributed by atoms with van der Waals surface area (Å²) in [7, 11) is 0. The Hall–Kier alpha value is -4.20. The molecule has 0 atom stereocenters. The van der Waals surface area contributed by atoms with Gasteiger partial charge >= 0.3 is 0 Å². The molecule has 1 N–H and O–H groups in total. The SMILES string of the molecule is CCOc1ccc(-c2cc(=O)n(CCNC(=O)c3cnn(-c4ccccc4)c3C)cn2)cc1. The van der Waals surface area contributed by atoms with E-state index >= 15 is 0 Å². The molecule has 8 heteroatoms. The van der Waals surface area contributed by atoms with Gasteiger partial charge < -0.3 is 10.1 Å². The number of carbonyl (C=O) groups is 1. The van der Waals surface area contributed by atoms with Crippen LogP contribution in [0.4, 0.5) is 0 Å². The van der Waals surface area contributed by atoms with Crippen molar-refractivity contribution in [2.45, 2.75) is 20.4 Å². The van der Waals surface area contributed by atoms with Crippen molar-refractivity contribution in [3.63, 3.8) is 0 Å². The largest absolute Gasteiger partial charge is 0.494 e. The summed E-state index contributed by atoms with van der Waals surface area (Å²) in [5.74, 6) is 0.538. The number of amides is 1. The second-order valence-corrected chi connectivity index (χ2v) is 7.41. The van der Waals surface area contributed by atoms with Crippen molar-refractivity contribution in [1.82, 2.24) is 24.6 Å². The first kappa shape index (κ1) is 22.0. The molecule has 4 rings (SSSR count). The molecule has 0 aliphatic carbocycles. The molecule has 0 fully saturated rings. The second-order valence-electron chi connectivity index (χ2n) is 7.41. The number of aromatic nitrogens is 4. The fourth-order valence-electron chi connectivity index (χ4n) is 3.49. The van der Waals surface area contributed by atoms with Crippen LogP contribution in [0.15, 0.2) is 78.0 Å². The Kier molecular flexibility index (Phi) is 6.64. The molecule has 2 aromatic carbocycles. The summed E-state index contributed by atoms with van der Waals surface area (Å²) in [5.41, 5.74) is 3.37. The molecule has 33 heavy (non-hydrogen) atoms. The molecule has 0 bridgehead atoms. The third kappa shape index (κ3) is 5.01. The molecule has 8 nitrogen and oxygen atoms in total. The van der Waals surface area contributed by atoms with Crippen molar-refractivity contribution >= 4 is 5.91 Å². The standard InChI is InChI=1S/C25H25N5O3/c1-3-33-21-11-9-19(10-12-21)23-15-24(31)29(17-27-23)14-13-26-25(32)22-16-28-30(18(22)2)20-7-5-4-6-8-20/h4-12,15-17H,3,13-14H2,1-2H3,(H,26,32). The summed E-state index contributed by atoms with van der Waals surface area (Å²) in [6.07, 6.45) is 3.05. The third-order valence-corrected chi connectivity index (χ3v) is 5.23. The number of para-hydroxylation sites is 1. The highest BCUT2D eigenvalue weighted by Gasteiger charge is 2.15. The highest BCUT2D eigenvalue weighted by Crippen LogP contribution is 2.19. The molecule has 0 saturated carbocycles. The van der Waals surface area contributed by atoms with E-state index in [1.54, 1.807) is 10.9 Å². The quantitative estimate of drug-likeness (QED) is 0.452. The minimum absolute atomic E-state index is 0.184. The van der Waals surface area contributed by atoms with Crippen molar-refractivity contribution in [2.24, 2.45) is 0 Å². The lowest BCUT2D eigenvalue weighted by Gasteiger charge is -2.09. The molecule has 0 aliphatic rings. The summed E-state index contributed by atoms with van der Waals surface area (Å²) >= 11 is 0. The Balaban J connectivity index is 1.37. The lowest BCUT2D eigenvalue weighted by molar-refractivity contribution is 0.0951. The predicted molar refractivity (Wildman–Crippen MR) is 126 cm³/mol. The Morgan fingerprint density at radius 1 is 1.09 bits per heavy atom. The first-order valence-corrected chi connectivity index (χ1v) is 10.7. The van der Waals surface area contributed by atoms with Crippen LogP contribution in [0.5, 0.6) is 5.75 Å². The van der Waals surface area contributed by atoms with Gasteiger partial charge in [-0.25, -0.2) is 9.67 Å². The maximum Gasteiger partial charge on any atom is 0.254 e. The summed E-state index contributed by atoms with van der Waals surface area (Å²) in [6, 6.07) is 18.6. The van der Waals surface area contributed by atoms with Crippen LogP contribution < -0.4 is 15.6 Å². The number of ether oxygens (including phenoxy) is 1. The maximum absolute atomic E-state index is 12.6. The zero-order chi connectivity index (χ0) is 23.2. The molecular formula is C25H25N5O3. The predicted octanol–water partition coefficient (Wildman–Crippen LogP) is 3.23. The molecule has 0 aliphatic heterocycles. The first-order chi connectivity index (χ1) is 16.1. The summed E-state index contributed by atoms with van der Waals surface area (Å²) < 4.78 is 8.64. The van der Waals surface area contributed by atoms with Gasteiger partial charge in [0.1, 0.15) is 5.75 Å². The van der Waals surface area contributed by atoms with Gasteiger partial charge in [0.05, 0.1) is 41.8 Å². The van der Waals surface area contributed by atoms with Crippen LogP contribution in [0.2, 0.25) is 0 Å². The van der Waals surface area contributed by atoms with Crippen LogP contribution in [0.3, 0.4) is 0 Å². The van der Waals surface area contributed by atoms with Crippen molar-refractivity contribution in [2.75, 3.05) is 13.2 Å². The highest BCUT2D eigenvalue weighted by molar-refractivity contribution is 5.95. The van der Waals surface area contributed by atoms with Gasteiger partial charge in [0.15, 0.2) is 0 Å². The van der Waals surface area contributed by atoms with Crippen LogP contribution in [-0.4, -0.2) is 38.4 Å². The number of nitrogens with one attached hydrogen (secondary N) is 1. The zero-order valence-corrected chi connectivity index (χ0v) is 18.6. The summed E-state index contributed by atoms with van der Waals surface area (Å²) in [6.45, 7) is 4.98. The number of benzene rings is 2. The summed E-state index contributed by atoms with van der Waals surface area (Å²) in [4.78, 5) is 29.5. The van der Waals surface area contributed by atoms with Gasteiger partial charge in [0.25, 0.3) is 11.5 Å². The van der Waals surface area contributed by atoms with E-state index in [1.807, 2.05) is 68.4 Å². The smallest absolute Gasteiger partial charge is 0.254 e. The van der Waals surface area contributed by atoms with Gasteiger partial charge in [0.2, 0.25) is 0 Å². The molecule has 2 heterocycles. The first-order valence-electron chi connectivity index (χ1n) is 10.7. The molecule has 2 aromatic heterocycles. The van der Waals surface area contributed by atoms with Gasteiger partial charge in [-0.1, -0.05) is 18.2 Å². The number of nitrogens with zero attached hydrogens (tertiary/aromatic N) is 4. The van der Waals surface area contributed by atoms with Gasteiger partial charge in [0, 0.05) is 24.7 Å². The Bertz CT molecular complexity index is 1290. The highest BCUT2D eigenvalue weighted by atomic mass is 16.5. The van der Waals surface area contributed by atoms with Crippen molar-refractivity contribution in [1.29, 1.82) is 0 Å². The lowest BCUT2D eigenvalue weighted by atomic mass is 10.1. The van der Waals surface area contributed by atoms with Gasteiger partial charge in [-0.05, 0) is 50.2 Å². The number of hydrogen-bond donors (Lipinski definition) is 1. The van der Waals surface area contributed by atoms with E-state index in [4.69, 9.17) is 4.74 Å². The van der Waals surface area contributed by atoms with Gasteiger partial charge in [-0.2, -0.15) is 5.10 Å². The Labute approximate surface area is 191 Å². The van der Waals surface area contributed by atoms with Gasteiger partial charge in [-0.15, -0.1) is 0 Å². The minimum Gasteiger partial charge on any atom is -0.494 e. The van der Waals surface area contributed by atoms with Crippen molar-refractivity contribution in [3.05, 3.63) is 94.8 Å². The molecule has 168 valence electrons. The maximum atomic E-state index is 12.6. The monoisotopic (exact) mass is 443 g/mol. The molecule has 0 radical (unpaired) electrons. The Morgan fingerprint density at radius 3 is 2.55 bits per heavy atom. The molecule has 4 aromatic rings. The van der Waals surface area contributed by atoms with E-state index in [2.05, 4.69) is 15.4 Å². The van der Waals surface area contributed by atoms with E-state index in [-0.39, 0.29) is 11.5 Å².